The molecule has 1 rings (SSSR count). The minimum atomic E-state index is -0.539. The summed E-state index contributed by atoms with van der Waals surface area (Å²) in [5, 5.41) is 8.08. The predicted molar refractivity (Wildman–Crippen MR) is 92.2 cm³/mol. The maximum atomic E-state index is 11.8. The van der Waals surface area contributed by atoms with E-state index in [0.29, 0.717) is 13.1 Å². The quantitative estimate of drug-likeness (QED) is 0.696. The van der Waals surface area contributed by atoms with Crippen LogP contribution in [0.15, 0.2) is 24.3 Å². The topological polar surface area (TPSA) is 88.7 Å². The molecule has 7 heteroatoms. The number of benzene rings is 1. The first-order chi connectivity index (χ1) is 11.2. The van der Waals surface area contributed by atoms with Crippen LogP contribution in [0.2, 0.25) is 0 Å². The molecule has 0 saturated heterocycles. The highest BCUT2D eigenvalue weighted by molar-refractivity contribution is 5.74. The van der Waals surface area contributed by atoms with E-state index >= 15 is 0 Å². The number of nitrogens with one attached hydrogen (secondary N) is 3. The van der Waals surface area contributed by atoms with E-state index in [1.807, 2.05) is 31.2 Å². The van der Waals surface area contributed by atoms with Crippen LogP contribution in [0.3, 0.4) is 0 Å². The van der Waals surface area contributed by atoms with Crippen molar-refractivity contribution in [3.8, 4) is 5.75 Å². The SMILES string of the molecule is COc1ccc(C(C)NC(=O)NCCNC(=O)OC(C)(C)C)cc1. The minimum absolute atomic E-state index is 0.144. The number of alkyl carbamates (subject to hydrolysis) is 1. The second kappa shape index (κ2) is 9.00. The van der Waals surface area contributed by atoms with Crippen molar-refractivity contribution in [2.45, 2.75) is 39.3 Å². The molecule has 0 bridgehead atoms. The molecule has 0 aliphatic rings. The maximum absolute atomic E-state index is 11.8. The lowest BCUT2D eigenvalue weighted by atomic mass is 10.1. The molecule has 0 saturated carbocycles. The fourth-order valence-corrected chi connectivity index (χ4v) is 1.88. The molecule has 1 aromatic rings. The average molecular weight is 337 g/mol. The van der Waals surface area contributed by atoms with Gasteiger partial charge in [-0.3, -0.25) is 0 Å². The molecule has 0 aromatic heterocycles. The molecule has 0 fully saturated rings. The zero-order valence-electron chi connectivity index (χ0n) is 14.9. The van der Waals surface area contributed by atoms with E-state index < -0.39 is 11.7 Å². The van der Waals surface area contributed by atoms with Crippen molar-refractivity contribution in [1.82, 2.24) is 16.0 Å². The first-order valence-corrected chi connectivity index (χ1v) is 7.86. The average Bonchev–Trinajstić information content (AvgIpc) is 2.50. The van der Waals surface area contributed by atoms with Crippen LogP contribution in [0.4, 0.5) is 9.59 Å². The van der Waals surface area contributed by atoms with E-state index in [1.165, 1.54) is 0 Å². The van der Waals surface area contributed by atoms with Gasteiger partial charge in [-0.2, -0.15) is 0 Å². The van der Waals surface area contributed by atoms with Gasteiger partial charge in [-0.1, -0.05) is 12.1 Å². The second-order valence-electron chi connectivity index (χ2n) is 6.32. The van der Waals surface area contributed by atoms with Crippen LogP contribution in [0, 0.1) is 0 Å². The van der Waals surface area contributed by atoms with Gasteiger partial charge in [-0.05, 0) is 45.4 Å². The fourth-order valence-electron chi connectivity index (χ4n) is 1.88. The largest absolute Gasteiger partial charge is 0.497 e. The van der Waals surface area contributed by atoms with Crippen LogP contribution >= 0.6 is 0 Å². The third-order valence-corrected chi connectivity index (χ3v) is 3.04. The Balaban J connectivity index is 2.27. The molecule has 0 aliphatic carbocycles. The van der Waals surface area contributed by atoms with Gasteiger partial charge in [-0.25, -0.2) is 9.59 Å². The molecule has 134 valence electrons. The van der Waals surface area contributed by atoms with Gasteiger partial charge in [0.1, 0.15) is 11.4 Å². The third kappa shape index (κ3) is 7.71. The second-order valence-corrected chi connectivity index (χ2v) is 6.32. The van der Waals surface area contributed by atoms with Gasteiger partial charge in [-0.15, -0.1) is 0 Å². The van der Waals surface area contributed by atoms with Gasteiger partial charge in [0.25, 0.3) is 0 Å². The summed E-state index contributed by atoms with van der Waals surface area (Å²) >= 11 is 0. The van der Waals surface area contributed by atoms with Gasteiger partial charge in [0, 0.05) is 13.1 Å². The van der Waals surface area contributed by atoms with Crippen LogP contribution < -0.4 is 20.7 Å². The number of hydrogen-bond acceptors (Lipinski definition) is 4. The first kappa shape index (κ1) is 19.6. The summed E-state index contributed by atoms with van der Waals surface area (Å²) in [6, 6.07) is 7.03. The molecule has 3 amide bonds. The van der Waals surface area contributed by atoms with Crippen molar-refractivity contribution in [2.75, 3.05) is 20.2 Å². The van der Waals surface area contributed by atoms with Crippen LogP contribution in [-0.4, -0.2) is 37.9 Å². The predicted octanol–water partition coefficient (Wildman–Crippen LogP) is 2.58. The Morgan fingerprint density at radius 1 is 1.08 bits per heavy atom. The summed E-state index contributed by atoms with van der Waals surface area (Å²) in [4.78, 5) is 23.3. The summed E-state index contributed by atoms with van der Waals surface area (Å²) < 4.78 is 10.2. The molecule has 7 nitrogen and oxygen atoms in total. The van der Waals surface area contributed by atoms with Crippen molar-refractivity contribution in [3.63, 3.8) is 0 Å². The Kier molecular flexibility index (Phi) is 7.35. The normalized spacial score (nSPS) is 12.0. The molecule has 1 atom stereocenters. The van der Waals surface area contributed by atoms with Crippen molar-refractivity contribution in [1.29, 1.82) is 0 Å². The van der Waals surface area contributed by atoms with E-state index in [0.717, 1.165) is 11.3 Å². The number of amides is 3. The van der Waals surface area contributed by atoms with Gasteiger partial charge in [0.2, 0.25) is 0 Å². The number of methoxy groups -OCH3 is 1. The molecule has 0 radical (unpaired) electrons. The summed E-state index contributed by atoms with van der Waals surface area (Å²) in [6.07, 6.45) is -0.503. The summed E-state index contributed by atoms with van der Waals surface area (Å²) in [5.41, 5.74) is 0.431. The Morgan fingerprint density at radius 3 is 2.21 bits per heavy atom. The highest BCUT2D eigenvalue weighted by atomic mass is 16.6. The van der Waals surface area contributed by atoms with Crippen LogP contribution in [0.25, 0.3) is 0 Å². The van der Waals surface area contributed by atoms with Crippen molar-refractivity contribution < 1.29 is 19.1 Å². The molecular weight excluding hydrogens is 310 g/mol. The van der Waals surface area contributed by atoms with Gasteiger partial charge in [0.15, 0.2) is 0 Å². The van der Waals surface area contributed by atoms with Crippen LogP contribution in [-0.2, 0) is 4.74 Å². The molecule has 0 spiro atoms. The van der Waals surface area contributed by atoms with E-state index in [1.54, 1.807) is 27.9 Å². The smallest absolute Gasteiger partial charge is 0.407 e. The Bertz CT molecular complexity index is 538. The zero-order chi connectivity index (χ0) is 18.2. The Morgan fingerprint density at radius 2 is 1.67 bits per heavy atom. The lowest BCUT2D eigenvalue weighted by Crippen LogP contribution is -2.42. The number of hydrogen-bond donors (Lipinski definition) is 3. The van der Waals surface area contributed by atoms with Crippen molar-refractivity contribution in [2.24, 2.45) is 0 Å². The number of rotatable bonds is 6. The first-order valence-electron chi connectivity index (χ1n) is 7.86. The summed E-state index contributed by atoms with van der Waals surface area (Å²) in [5.74, 6) is 0.767. The highest BCUT2D eigenvalue weighted by Gasteiger charge is 2.15. The molecule has 3 N–H and O–H groups in total. The lowest BCUT2D eigenvalue weighted by molar-refractivity contribution is 0.0528. The molecule has 0 heterocycles. The fraction of sp³-hybridized carbons (Fsp3) is 0.529. The van der Waals surface area contributed by atoms with Crippen LogP contribution in [0.1, 0.15) is 39.3 Å². The Labute approximate surface area is 143 Å². The summed E-state index contributed by atoms with van der Waals surface area (Å²) in [7, 11) is 1.61. The van der Waals surface area contributed by atoms with Crippen LogP contribution in [0.5, 0.6) is 5.75 Å². The van der Waals surface area contributed by atoms with E-state index in [9.17, 15) is 9.59 Å². The number of carbonyl (C=O) groups is 2. The Hall–Kier alpha value is -2.44. The monoisotopic (exact) mass is 337 g/mol. The van der Waals surface area contributed by atoms with Gasteiger partial charge < -0.3 is 25.4 Å². The minimum Gasteiger partial charge on any atom is -0.497 e. The lowest BCUT2D eigenvalue weighted by Gasteiger charge is -2.20. The molecule has 1 aromatic carbocycles. The van der Waals surface area contributed by atoms with E-state index in [-0.39, 0.29) is 12.1 Å². The number of ether oxygens (including phenoxy) is 2. The molecule has 24 heavy (non-hydrogen) atoms. The number of urea groups is 1. The standard InChI is InChI=1S/C17H27N3O4/c1-12(13-6-8-14(23-5)9-7-13)20-15(21)18-10-11-19-16(22)24-17(2,3)4/h6-9,12H,10-11H2,1-5H3,(H,19,22)(H2,18,20,21). The van der Waals surface area contributed by atoms with Crippen molar-refractivity contribution >= 4 is 12.1 Å². The van der Waals surface area contributed by atoms with Crippen molar-refractivity contribution in [3.05, 3.63) is 29.8 Å². The summed E-state index contributed by atoms with van der Waals surface area (Å²) in [6.45, 7) is 7.86. The van der Waals surface area contributed by atoms with E-state index in [2.05, 4.69) is 16.0 Å². The molecule has 1 unspecified atom stereocenters. The highest BCUT2D eigenvalue weighted by Crippen LogP contribution is 2.16. The van der Waals surface area contributed by atoms with E-state index in [4.69, 9.17) is 9.47 Å². The zero-order valence-corrected chi connectivity index (χ0v) is 14.9. The van der Waals surface area contributed by atoms with Gasteiger partial charge >= 0.3 is 12.1 Å². The maximum Gasteiger partial charge on any atom is 0.407 e. The van der Waals surface area contributed by atoms with Gasteiger partial charge in [0.05, 0.1) is 13.2 Å². The molecule has 0 aliphatic heterocycles. The third-order valence-electron chi connectivity index (χ3n) is 3.04. The number of carbonyl (C=O) groups excluding carboxylic acids is 2. The molecular formula is C17H27N3O4.